The number of pyridine rings is 1. The number of aromatic nitrogens is 1. The summed E-state index contributed by atoms with van der Waals surface area (Å²) in [7, 11) is 0. The fourth-order valence-electron chi connectivity index (χ4n) is 1.28. The molecule has 1 aromatic rings. The van der Waals surface area contributed by atoms with Crippen LogP contribution in [0.3, 0.4) is 0 Å². The summed E-state index contributed by atoms with van der Waals surface area (Å²) in [5, 5.41) is 12.2. The van der Waals surface area contributed by atoms with Crippen LogP contribution < -0.4 is 4.73 Å². The van der Waals surface area contributed by atoms with Crippen molar-refractivity contribution in [2.24, 2.45) is 0 Å². The van der Waals surface area contributed by atoms with Gasteiger partial charge in [0.1, 0.15) is 0 Å². The van der Waals surface area contributed by atoms with Gasteiger partial charge in [-0.3, -0.25) is 0 Å². The third-order valence-electron chi connectivity index (χ3n) is 2.15. The highest BCUT2D eigenvalue weighted by molar-refractivity contribution is 6.34. The van der Waals surface area contributed by atoms with Crippen molar-refractivity contribution in [3.8, 4) is 0 Å². The standard InChI is InChI=1S/C10H13Cl2NO/c1-3-4-5-8-9(11)6-7(2)13(14)10(8)12/h6H,3-5H2,1-2H3. The zero-order valence-corrected chi connectivity index (χ0v) is 9.82. The lowest BCUT2D eigenvalue weighted by Crippen LogP contribution is -2.32. The Hall–Kier alpha value is -0.470. The van der Waals surface area contributed by atoms with Gasteiger partial charge < -0.3 is 5.21 Å². The van der Waals surface area contributed by atoms with E-state index in [1.165, 1.54) is 0 Å². The van der Waals surface area contributed by atoms with Crippen molar-refractivity contribution in [1.29, 1.82) is 0 Å². The number of nitrogens with zero attached hydrogens (tertiary/aromatic N) is 1. The zero-order valence-electron chi connectivity index (χ0n) is 8.31. The molecule has 1 heterocycles. The molecule has 0 bridgehead atoms. The summed E-state index contributed by atoms with van der Waals surface area (Å²) in [6.07, 6.45) is 2.80. The number of unbranched alkanes of at least 4 members (excludes halogenated alkanes) is 1. The molecule has 0 saturated carbocycles. The summed E-state index contributed by atoms with van der Waals surface area (Å²) in [6.45, 7) is 3.77. The molecule has 0 spiro atoms. The van der Waals surface area contributed by atoms with Gasteiger partial charge in [-0.25, -0.2) is 0 Å². The lowest BCUT2D eigenvalue weighted by Gasteiger charge is -2.08. The second-order valence-corrected chi connectivity index (χ2v) is 4.07. The van der Waals surface area contributed by atoms with Crippen LogP contribution in [-0.2, 0) is 6.42 Å². The molecule has 0 atom stereocenters. The average molecular weight is 234 g/mol. The Morgan fingerprint density at radius 2 is 2.07 bits per heavy atom. The monoisotopic (exact) mass is 233 g/mol. The second kappa shape index (κ2) is 4.85. The molecular weight excluding hydrogens is 221 g/mol. The molecule has 1 rings (SSSR count). The molecular formula is C10H13Cl2NO. The average Bonchev–Trinajstić information content (AvgIpc) is 2.14. The SMILES string of the molecule is CCCCc1c(Cl)cc(C)[n+]([O-])c1Cl. The van der Waals surface area contributed by atoms with Gasteiger partial charge in [-0.1, -0.05) is 24.9 Å². The summed E-state index contributed by atoms with van der Waals surface area (Å²) >= 11 is 11.9. The van der Waals surface area contributed by atoms with Crippen LogP contribution in [0.15, 0.2) is 6.07 Å². The Bertz CT molecular complexity index is 339. The van der Waals surface area contributed by atoms with Crippen LogP contribution in [0.1, 0.15) is 31.0 Å². The maximum Gasteiger partial charge on any atom is 0.291 e. The van der Waals surface area contributed by atoms with Crippen LogP contribution >= 0.6 is 23.2 Å². The van der Waals surface area contributed by atoms with Gasteiger partial charge in [0.2, 0.25) is 0 Å². The molecule has 0 amide bonds. The Morgan fingerprint density at radius 1 is 1.43 bits per heavy atom. The first-order chi connectivity index (χ1) is 6.57. The van der Waals surface area contributed by atoms with Crippen molar-refractivity contribution in [2.75, 3.05) is 0 Å². The van der Waals surface area contributed by atoms with Gasteiger partial charge in [-0.05, 0) is 24.4 Å². The van der Waals surface area contributed by atoms with Crippen molar-refractivity contribution >= 4 is 23.2 Å². The maximum atomic E-state index is 11.4. The first-order valence-electron chi connectivity index (χ1n) is 4.65. The minimum Gasteiger partial charge on any atom is -0.617 e. The topological polar surface area (TPSA) is 26.9 Å². The van der Waals surface area contributed by atoms with E-state index in [1.54, 1.807) is 13.0 Å². The Morgan fingerprint density at radius 3 is 2.64 bits per heavy atom. The minimum atomic E-state index is 0.212. The molecule has 0 aromatic carbocycles. The molecule has 0 saturated heterocycles. The van der Waals surface area contributed by atoms with Gasteiger partial charge in [0.25, 0.3) is 5.15 Å². The van der Waals surface area contributed by atoms with Crippen molar-refractivity contribution in [1.82, 2.24) is 0 Å². The van der Waals surface area contributed by atoms with E-state index in [4.69, 9.17) is 23.2 Å². The van der Waals surface area contributed by atoms with E-state index in [2.05, 4.69) is 6.92 Å². The Balaban J connectivity index is 3.09. The van der Waals surface area contributed by atoms with Gasteiger partial charge in [-0.2, -0.15) is 4.73 Å². The lowest BCUT2D eigenvalue weighted by atomic mass is 10.1. The van der Waals surface area contributed by atoms with Crippen LogP contribution in [0.25, 0.3) is 0 Å². The molecule has 0 aliphatic carbocycles. The molecule has 0 radical (unpaired) electrons. The molecule has 0 aliphatic rings. The van der Waals surface area contributed by atoms with E-state index in [9.17, 15) is 5.21 Å². The maximum absolute atomic E-state index is 11.4. The molecule has 0 unspecified atom stereocenters. The van der Waals surface area contributed by atoms with Crippen molar-refractivity contribution < 1.29 is 4.73 Å². The summed E-state index contributed by atoms with van der Waals surface area (Å²) < 4.78 is 0.721. The van der Waals surface area contributed by atoms with Gasteiger partial charge in [-0.15, -0.1) is 0 Å². The Kier molecular flexibility index (Phi) is 4.02. The predicted octanol–water partition coefficient (Wildman–Crippen LogP) is 3.28. The molecule has 1 aromatic heterocycles. The van der Waals surface area contributed by atoms with Crippen LogP contribution in [0.2, 0.25) is 10.2 Å². The third-order valence-corrected chi connectivity index (χ3v) is 2.87. The quantitative estimate of drug-likeness (QED) is 0.448. The van der Waals surface area contributed by atoms with Crippen molar-refractivity contribution in [3.63, 3.8) is 0 Å². The summed E-state index contributed by atoms with van der Waals surface area (Å²) in [6, 6.07) is 1.66. The number of hydrogen-bond donors (Lipinski definition) is 0. The molecule has 4 heteroatoms. The smallest absolute Gasteiger partial charge is 0.291 e. The van der Waals surface area contributed by atoms with Gasteiger partial charge in [0.15, 0.2) is 5.69 Å². The number of halogens is 2. The second-order valence-electron chi connectivity index (χ2n) is 3.30. The first kappa shape index (κ1) is 11.6. The molecule has 0 fully saturated rings. The fourth-order valence-corrected chi connectivity index (χ4v) is 2.00. The molecule has 2 nitrogen and oxygen atoms in total. The van der Waals surface area contributed by atoms with E-state index in [0.29, 0.717) is 10.7 Å². The number of aryl methyl sites for hydroxylation is 1. The molecule has 0 N–H and O–H groups in total. The van der Waals surface area contributed by atoms with Crippen LogP contribution in [0.5, 0.6) is 0 Å². The highest BCUT2D eigenvalue weighted by atomic mass is 35.5. The largest absolute Gasteiger partial charge is 0.617 e. The fraction of sp³-hybridized carbons (Fsp3) is 0.500. The molecule has 0 aliphatic heterocycles. The molecule has 14 heavy (non-hydrogen) atoms. The van der Waals surface area contributed by atoms with E-state index in [0.717, 1.165) is 29.6 Å². The first-order valence-corrected chi connectivity index (χ1v) is 5.40. The van der Waals surface area contributed by atoms with E-state index in [1.807, 2.05) is 0 Å². The summed E-state index contributed by atoms with van der Waals surface area (Å²) in [4.78, 5) is 0. The van der Waals surface area contributed by atoms with Crippen molar-refractivity contribution in [3.05, 3.63) is 32.7 Å². The number of hydrogen-bond acceptors (Lipinski definition) is 1. The lowest BCUT2D eigenvalue weighted by molar-refractivity contribution is -0.610. The van der Waals surface area contributed by atoms with E-state index in [-0.39, 0.29) is 5.15 Å². The Labute approximate surface area is 94.0 Å². The van der Waals surface area contributed by atoms with E-state index >= 15 is 0 Å². The van der Waals surface area contributed by atoms with Crippen molar-refractivity contribution in [2.45, 2.75) is 33.1 Å². The van der Waals surface area contributed by atoms with Gasteiger partial charge >= 0.3 is 0 Å². The predicted molar refractivity (Wildman–Crippen MR) is 58.8 cm³/mol. The highest BCUT2D eigenvalue weighted by Crippen LogP contribution is 2.24. The number of rotatable bonds is 3. The van der Waals surface area contributed by atoms with Gasteiger partial charge in [0.05, 0.1) is 10.6 Å². The third kappa shape index (κ3) is 2.31. The minimum absolute atomic E-state index is 0.212. The van der Waals surface area contributed by atoms with Crippen LogP contribution in [-0.4, -0.2) is 0 Å². The van der Waals surface area contributed by atoms with Crippen LogP contribution in [0, 0.1) is 12.1 Å². The van der Waals surface area contributed by atoms with Crippen LogP contribution in [0.4, 0.5) is 0 Å². The van der Waals surface area contributed by atoms with E-state index < -0.39 is 0 Å². The summed E-state index contributed by atoms with van der Waals surface area (Å²) in [5.41, 5.74) is 1.29. The zero-order chi connectivity index (χ0) is 10.7. The normalized spacial score (nSPS) is 10.6. The van der Waals surface area contributed by atoms with Gasteiger partial charge in [0, 0.05) is 13.0 Å². The summed E-state index contributed by atoms with van der Waals surface area (Å²) in [5.74, 6) is 0. The highest BCUT2D eigenvalue weighted by Gasteiger charge is 2.16. The molecule has 78 valence electrons.